The number of nitrogens with two attached hydrogens (primary N) is 1. The molecule has 0 fully saturated rings. The maximum absolute atomic E-state index is 11.0. The normalized spacial score (nSPS) is 11.2. The molecule has 0 spiro atoms. The van der Waals surface area contributed by atoms with Gasteiger partial charge in [-0.1, -0.05) is 0 Å². The van der Waals surface area contributed by atoms with E-state index in [-0.39, 0.29) is 0 Å². The first kappa shape index (κ1) is 17.7. The molecule has 1 heterocycles. The molecule has 0 aliphatic carbocycles. The first-order chi connectivity index (χ1) is 12.4. The van der Waals surface area contributed by atoms with Crippen molar-refractivity contribution >= 4 is 26.8 Å². The summed E-state index contributed by atoms with van der Waals surface area (Å²) in [4.78, 5) is 8.36. The summed E-state index contributed by atoms with van der Waals surface area (Å²) in [5.41, 5.74) is 0.943. The third kappa shape index (κ3) is 3.92. The molecule has 0 atom stereocenters. The van der Waals surface area contributed by atoms with Crippen LogP contribution < -0.4 is 24.1 Å². The van der Waals surface area contributed by atoms with Crippen LogP contribution in [0.5, 0.6) is 23.1 Å². The van der Waals surface area contributed by atoms with Crippen LogP contribution in [0.3, 0.4) is 0 Å². The number of hydrogen-bond donors (Lipinski definition) is 2. The van der Waals surface area contributed by atoms with Crippen LogP contribution >= 0.6 is 0 Å². The van der Waals surface area contributed by atoms with Gasteiger partial charge in [-0.25, -0.2) is 15.1 Å². The molecular weight excluding hydrogens is 360 g/mol. The standard InChI is InChI=1S/C16H16N4O5S/c1-23-14-7-12-13(8-15(14)24-2)18-9-19-16(12)25-11-5-3-10(4-6-11)20-26(17,21)22/h3-9,20H,1-2H3,(H2,17,21,22). The summed E-state index contributed by atoms with van der Waals surface area (Å²) in [6.45, 7) is 0. The van der Waals surface area contributed by atoms with Gasteiger partial charge in [0, 0.05) is 11.8 Å². The highest BCUT2D eigenvalue weighted by Crippen LogP contribution is 2.35. The molecule has 3 rings (SSSR count). The van der Waals surface area contributed by atoms with Gasteiger partial charge in [-0.2, -0.15) is 8.42 Å². The molecule has 1 aromatic heterocycles. The van der Waals surface area contributed by atoms with Gasteiger partial charge in [-0.15, -0.1) is 0 Å². The molecule has 3 aromatic rings. The van der Waals surface area contributed by atoms with Crippen molar-refractivity contribution < 1.29 is 22.6 Å². The molecule has 0 aliphatic rings. The number of fused-ring (bicyclic) bond motifs is 1. The maximum Gasteiger partial charge on any atom is 0.296 e. The Balaban J connectivity index is 1.93. The van der Waals surface area contributed by atoms with Crippen molar-refractivity contribution in [2.45, 2.75) is 0 Å². The van der Waals surface area contributed by atoms with Crippen molar-refractivity contribution in [3.63, 3.8) is 0 Å². The summed E-state index contributed by atoms with van der Waals surface area (Å²) in [5.74, 6) is 1.85. The monoisotopic (exact) mass is 376 g/mol. The molecule has 136 valence electrons. The lowest BCUT2D eigenvalue weighted by Crippen LogP contribution is -2.21. The van der Waals surface area contributed by atoms with Crippen LogP contribution in [0, 0.1) is 0 Å². The van der Waals surface area contributed by atoms with E-state index in [1.807, 2.05) is 0 Å². The molecule has 9 nitrogen and oxygen atoms in total. The zero-order chi connectivity index (χ0) is 18.7. The molecule has 0 saturated carbocycles. The lowest BCUT2D eigenvalue weighted by molar-refractivity contribution is 0.355. The van der Waals surface area contributed by atoms with Gasteiger partial charge in [0.1, 0.15) is 12.1 Å². The second kappa shape index (κ2) is 7.02. The summed E-state index contributed by atoms with van der Waals surface area (Å²) >= 11 is 0. The van der Waals surface area contributed by atoms with Gasteiger partial charge < -0.3 is 14.2 Å². The van der Waals surface area contributed by atoms with Crippen molar-refractivity contribution in [3.8, 4) is 23.1 Å². The molecule has 0 amide bonds. The first-order valence-corrected chi connectivity index (χ1v) is 8.89. The van der Waals surface area contributed by atoms with Crippen LogP contribution in [0.15, 0.2) is 42.7 Å². The summed E-state index contributed by atoms with van der Waals surface area (Å²) in [7, 11) is -0.755. The lowest BCUT2D eigenvalue weighted by Gasteiger charge is -2.11. The lowest BCUT2D eigenvalue weighted by atomic mass is 10.2. The minimum atomic E-state index is -3.83. The highest BCUT2D eigenvalue weighted by molar-refractivity contribution is 7.90. The Labute approximate surface area is 149 Å². The van der Waals surface area contributed by atoms with Crippen LogP contribution in [-0.4, -0.2) is 32.6 Å². The highest BCUT2D eigenvalue weighted by Gasteiger charge is 2.12. The van der Waals surface area contributed by atoms with Crippen LogP contribution in [-0.2, 0) is 10.2 Å². The van der Waals surface area contributed by atoms with Gasteiger partial charge >= 0.3 is 0 Å². The SMILES string of the molecule is COc1cc2ncnc(Oc3ccc(NS(N)(=O)=O)cc3)c2cc1OC. The van der Waals surface area contributed by atoms with Crippen LogP contribution in [0.25, 0.3) is 10.9 Å². The number of ether oxygens (including phenoxy) is 3. The zero-order valence-corrected chi connectivity index (χ0v) is 14.8. The molecule has 0 saturated heterocycles. The maximum atomic E-state index is 11.0. The van der Waals surface area contributed by atoms with E-state index >= 15 is 0 Å². The fourth-order valence-electron chi connectivity index (χ4n) is 2.31. The number of benzene rings is 2. The van der Waals surface area contributed by atoms with E-state index in [0.717, 1.165) is 0 Å². The molecule has 0 radical (unpaired) electrons. The third-order valence-electron chi connectivity index (χ3n) is 3.43. The van der Waals surface area contributed by atoms with Crippen LogP contribution in [0.4, 0.5) is 5.69 Å². The predicted octanol–water partition coefficient (Wildman–Crippen LogP) is 2.05. The second-order valence-corrected chi connectivity index (χ2v) is 6.47. The number of methoxy groups -OCH3 is 2. The fraction of sp³-hybridized carbons (Fsp3) is 0.125. The Kier molecular flexibility index (Phi) is 4.78. The first-order valence-electron chi connectivity index (χ1n) is 7.35. The van der Waals surface area contributed by atoms with Crippen molar-refractivity contribution in [3.05, 3.63) is 42.7 Å². The largest absolute Gasteiger partial charge is 0.493 e. The number of rotatable bonds is 6. The average molecular weight is 376 g/mol. The van der Waals surface area contributed by atoms with E-state index in [2.05, 4.69) is 14.7 Å². The number of anilines is 1. The van der Waals surface area contributed by atoms with Gasteiger partial charge in [0.15, 0.2) is 11.5 Å². The highest BCUT2D eigenvalue weighted by atomic mass is 32.2. The van der Waals surface area contributed by atoms with E-state index in [0.29, 0.717) is 39.7 Å². The molecule has 0 bridgehead atoms. The van der Waals surface area contributed by atoms with Crippen LogP contribution in [0.2, 0.25) is 0 Å². The Bertz CT molecular complexity index is 1040. The summed E-state index contributed by atoms with van der Waals surface area (Å²) in [6, 6.07) is 9.66. The molecule has 0 unspecified atom stereocenters. The van der Waals surface area contributed by atoms with Gasteiger partial charge in [0.25, 0.3) is 10.2 Å². The molecule has 10 heteroatoms. The van der Waals surface area contributed by atoms with Crippen molar-refractivity contribution in [1.29, 1.82) is 0 Å². The summed E-state index contributed by atoms with van der Waals surface area (Å²) in [6.07, 6.45) is 1.38. The zero-order valence-electron chi connectivity index (χ0n) is 14.0. The second-order valence-electron chi connectivity index (χ2n) is 5.18. The summed E-state index contributed by atoms with van der Waals surface area (Å²) in [5, 5.41) is 5.57. The molecule has 2 aromatic carbocycles. The molecular formula is C16H16N4O5S. The smallest absolute Gasteiger partial charge is 0.296 e. The molecule has 0 aliphatic heterocycles. The average Bonchev–Trinajstić information content (AvgIpc) is 2.61. The number of aromatic nitrogens is 2. The van der Waals surface area contributed by atoms with E-state index in [9.17, 15) is 8.42 Å². The predicted molar refractivity (Wildman–Crippen MR) is 95.9 cm³/mol. The van der Waals surface area contributed by atoms with Crippen molar-refractivity contribution in [1.82, 2.24) is 9.97 Å². The summed E-state index contributed by atoms with van der Waals surface area (Å²) < 4.78 is 40.6. The topological polar surface area (TPSA) is 126 Å². The third-order valence-corrected chi connectivity index (χ3v) is 3.95. The number of nitrogens with one attached hydrogen (secondary N) is 1. The number of hydrogen-bond acceptors (Lipinski definition) is 7. The van der Waals surface area contributed by atoms with E-state index in [1.165, 1.54) is 25.6 Å². The Morgan fingerprint density at radius 3 is 2.27 bits per heavy atom. The van der Waals surface area contributed by atoms with Gasteiger partial charge in [-0.05, 0) is 30.3 Å². The number of nitrogens with zero attached hydrogens (tertiary/aromatic N) is 2. The Hall–Kier alpha value is -3.11. The minimum absolute atomic E-state index is 0.318. The minimum Gasteiger partial charge on any atom is -0.493 e. The van der Waals surface area contributed by atoms with Gasteiger partial charge in [0.05, 0.1) is 25.1 Å². The molecule has 3 N–H and O–H groups in total. The van der Waals surface area contributed by atoms with Gasteiger partial charge in [0.2, 0.25) is 5.88 Å². The van der Waals surface area contributed by atoms with Gasteiger partial charge in [-0.3, -0.25) is 4.72 Å². The Morgan fingerprint density at radius 1 is 1.00 bits per heavy atom. The quantitative estimate of drug-likeness (QED) is 0.674. The Morgan fingerprint density at radius 2 is 1.65 bits per heavy atom. The molecule has 26 heavy (non-hydrogen) atoms. The van der Waals surface area contributed by atoms with Crippen molar-refractivity contribution in [2.75, 3.05) is 18.9 Å². The van der Waals surface area contributed by atoms with Crippen molar-refractivity contribution in [2.24, 2.45) is 5.14 Å². The van der Waals surface area contributed by atoms with E-state index in [4.69, 9.17) is 19.3 Å². The van der Waals surface area contributed by atoms with E-state index in [1.54, 1.807) is 31.4 Å². The van der Waals surface area contributed by atoms with E-state index < -0.39 is 10.2 Å². The van der Waals surface area contributed by atoms with Crippen LogP contribution in [0.1, 0.15) is 0 Å². The fourth-order valence-corrected chi connectivity index (χ4v) is 2.77.